The van der Waals surface area contributed by atoms with E-state index >= 15 is 0 Å². The molecule has 1 aliphatic rings. The van der Waals surface area contributed by atoms with Crippen molar-refractivity contribution in [1.29, 1.82) is 0 Å². The van der Waals surface area contributed by atoms with E-state index in [1.165, 1.54) is 17.6 Å². The van der Waals surface area contributed by atoms with Gasteiger partial charge in [-0.15, -0.1) is 0 Å². The number of anilines is 1. The number of amides is 1. The molecule has 0 spiro atoms. The Hall–Kier alpha value is -2.47. The molecular formula is C21H24N2O3S. The molecule has 142 valence electrons. The van der Waals surface area contributed by atoms with E-state index in [2.05, 4.69) is 22.6 Å². The van der Waals surface area contributed by atoms with Crippen LogP contribution in [0.1, 0.15) is 37.8 Å². The molecule has 0 radical (unpaired) electrons. The number of nitrogens with zero attached hydrogens (tertiary/aromatic N) is 1. The molecular weight excluding hydrogens is 360 g/mol. The molecule has 3 rings (SSSR count). The molecule has 0 fully saturated rings. The predicted octanol–water partition coefficient (Wildman–Crippen LogP) is 4.93. The molecule has 0 aliphatic carbocycles. The Balaban J connectivity index is 1.33. The lowest BCUT2D eigenvalue weighted by molar-refractivity contribution is -0.119. The maximum Gasteiger partial charge on any atom is 0.234 e. The molecule has 1 aliphatic heterocycles. The summed E-state index contributed by atoms with van der Waals surface area (Å²) in [7, 11) is 0. The smallest absolute Gasteiger partial charge is 0.234 e. The Morgan fingerprint density at radius 1 is 1.19 bits per heavy atom. The van der Waals surface area contributed by atoms with Crippen molar-refractivity contribution in [3.05, 3.63) is 59.7 Å². The first kappa shape index (κ1) is 19.3. The lowest BCUT2D eigenvalue weighted by atomic mass is 9.86. The van der Waals surface area contributed by atoms with Gasteiger partial charge in [0.05, 0.1) is 29.8 Å². The minimum atomic E-state index is -0.518. The summed E-state index contributed by atoms with van der Waals surface area (Å²) >= 11 is 1.32. The monoisotopic (exact) mass is 384 g/mol. The molecule has 0 atom stereocenters. The van der Waals surface area contributed by atoms with Crippen LogP contribution in [0.5, 0.6) is 5.75 Å². The van der Waals surface area contributed by atoms with Crippen molar-refractivity contribution in [2.24, 2.45) is 5.16 Å². The molecule has 0 saturated heterocycles. The lowest BCUT2D eigenvalue weighted by Crippen LogP contribution is -2.26. The molecule has 1 heterocycles. The molecule has 0 saturated carbocycles. The van der Waals surface area contributed by atoms with Gasteiger partial charge in [-0.2, -0.15) is 0 Å². The second-order valence-corrected chi connectivity index (χ2v) is 7.56. The summed E-state index contributed by atoms with van der Waals surface area (Å²) in [6.45, 7) is 4.43. The van der Waals surface area contributed by atoms with Gasteiger partial charge in [-0.1, -0.05) is 35.5 Å². The molecule has 0 unspecified atom stereocenters. The molecule has 1 amide bonds. The molecule has 6 heteroatoms. The van der Waals surface area contributed by atoms with Crippen LogP contribution in [0.4, 0.5) is 5.69 Å². The van der Waals surface area contributed by atoms with Crippen molar-refractivity contribution in [2.45, 2.75) is 37.9 Å². The number of rotatable bonds is 9. The molecule has 5 nitrogen and oxygen atoms in total. The van der Waals surface area contributed by atoms with E-state index in [1.54, 1.807) is 6.21 Å². The van der Waals surface area contributed by atoms with Crippen LogP contribution in [0.15, 0.2) is 53.7 Å². The number of benzene rings is 2. The third-order valence-corrected chi connectivity index (χ3v) is 5.11. The summed E-state index contributed by atoms with van der Waals surface area (Å²) in [4.78, 5) is 12.0. The number of fused-ring (bicyclic) bond motifs is 1. The first-order chi connectivity index (χ1) is 13.1. The van der Waals surface area contributed by atoms with E-state index in [-0.39, 0.29) is 5.91 Å². The summed E-state index contributed by atoms with van der Waals surface area (Å²) < 4.78 is 11.0. The second-order valence-electron chi connectivity index (χ2n) is 6.89. The fourth-order valence-corrected chi connectivity index (χ4v) is 3.29. The van der Waals surface area contributed by atoms with Gasteiger partial charge in [0.1, 0.15) is 5.75 Å². The van der Waals surface area contributed by atoms with Crippen LogP contribution < -0.4 is 10.1 Å². The Morgan fingerprint density at radius 3 is 2.81 bits per heavy atom. The number of unbranched alkanes of at least 4 members (excludes halogenated alkanes) is 1. The van der Waals surface area contributed by atoms with Crippen molar-refractivity contribution < 1.29 is 13.8 Å². The zero-order valence-electron chi connectivity index (χ0n) is 15.6. The number of nitrogens with one attached hydrogen (secondary N) is 1. The van der Waals surface area contributed by atoms with Crippen molar-refractivity contribution in [2.75, 3.05) is 11.9 Å². The summed E-state index contributed by atoms with van der Waals surface area (Å²) in [6, 6.07) is 15.9. The van der Waals surface area contributed by atoms with Gasteiger partial charge in [0.2, 0.25) is 5.91 Å². The third kappa shape index (κ3) is 5.04. The Labute approximate surface area is 164 Å². The van der Waals surface area contributed by atoms with Crippen molar-refractivity contribution in [1.82, 2.24) is 0 Å². The van der Waals surface area contributed by atoms with Gasteiger partial charge in [0.25, 0.3) is 0 Å². The summed E-state index contributed by atoms with van der Waals surface area (Å²) in [5, 5.41) is 6.84. The largest absolute Gasteiger partial charge is 0.494 e. The summed E-state index contributed by atoms with van der Waals surface area (Å²) in [5.41, 5.74) is 2.54. The van der Waals surface area contributed by atoms with Gasteiger partial charge in [0.15, 0.2) is 0 Å². The maximum absolute atomic E-state index is 12.0. The fourth-order valence-electron chi connectivity index (χ4n) is 2.79. The molecule has 2 aromatic rings. The molecule has 27 heavy (non-hydrogen) atoms. The van der Waals surface area contributed by atoms with E-state index in [0.29, 0.717) is 6.61 Å². The van der Waals surface area contributed by atoms with E-state index in [0.717, 1.165) is 35.6 Å². The highest BCUT2D eigenvalue weighted by molar-refractivity contribution is 7.93. The number of hydrogen-bond acceptors (Lipinski definition) is 5. The minimum Gasteiger partial charge on any atom is -0.494 e. The second kappa shape index (κ2) is 8.95. The highest BCUT2D eigenvalue weighted by Crippen LogP contribution is 2.39. The molecule has 2 aromatic carbocycles. The quantitative estimate of drug-likeness (QED) is 0.288. The van der Waals surface area contributed by atoms with Crippen LogP contribution in [-0.2, 0) is 20.2 Å². The van der Waals surface area contributed by atoms with Crippen molar-refractivity contribution in [3.63, 3.8) is 0 Å². The van der Waals surface area contributed by atoms with Gasteiger partial charge in [-0.25, -0.2) is 0 Å². The predicted molar refractivity (Wildman–Crippen MR) is 110 cm³/mol. The van der Waals surface area contributed by atoms with Gasteiger partial charge < -0.3 is 14.3 Å². The number of carbonyl (C=O) groups excluding carboxylic acids is 1. The van der Waals surface area contributed by atoms with Crippen LogP contribution in [0.3, 0.4) is 0 Å². The fraction of sp³-hybridized carbons (Fsp3) is 0.333. The average Bonchev–Trinajstić information content (AvgIpc) is 2.90. The van der Waals surface area contributed by atoms with E-state index < -0.39 is 5.41 Å². The van der Waals surface area contributed by atoms with E-state index in [4.69, 9.17) is 9.02 Å². The number of carbonyl (C=O) groups is 1. The highest BCUT2D eigenvalue weighted by atomic mass is 32.2. The van der Waals surface area contributed by atoms with E-state index in [9.17, 15) is 4.79 Å². The Morgan fingerprint density at radius 2 is 2.00 bits per heavy atom. The standard InChI is InChI=1S/C21H24N2O3S/c1-21(2)18-14-17(10-11-19(18)23-20(21)24)25-13-7-6-12-22-26-27-15-16-8-4-3-5-9-16/h3-5,8-12,14H,6-7,13,15H2,1-2H3,(H,23,24). The number of oxime groups is 1. The van der Waals surface area contributed by atoms with Crippen molar-refractivity contribution in [3.8, 4) is 5.75 Å². The Kier molecular flexibility index (Phi) is 6.40. The first-order valence-corrected chi connectivity index (χ1v) is 9.91. The zero-order chi connectivity index (χ0) is 19.1. The normalized spacial score (nSPS) is 14.8. The van der Waals surface area contributed by atoms with Gasteiger partial charge in [-0.3, -0.25) is 4.79 Å². The minimum absolute atomic E-state index is 0.0241. The van der Waals surface area contributed by atoms with Crippen LogP contribution in [-0.4, -0.2) is 18.7 Å². The number of hydrogen-bond donors (Lipinski definition) is 1. The maximum atomic E-state index is 12.0. The zero-order valence-corrected chi connectivity index (χ0v) is 16.4. The van der Waals surface area contributed by atoms with Crippen LogP contribution in [0.2, 0.25) is 0 Å². The average molecular weight is 385 g/mol. The Bertz CT molecular complexity index is 806. The van der Waals surface area contributed by atoms with E-state index in [1.807, 2.05) is 50.2 Å². The van der Waals surface area contributed by atoms with Gasteiger partial charge in [-0.05, 0) is 56.0 Å². The van der Waals surface area contributed by atoms with Crippen molar-refractivity contribution >= 4 is 29.9 Å². The number of ether oxygens (including phenoxy) is 1. The van der Waals surface area contributed by atoms with Gasteiger partial charge >= 0.3 is 0 Å². The van der Waals surface area contributed by atoms with Crippen LogP contribution >= 0.6 is 12.0 Å². The third-order valence-electron chi connectivity index (χ3n) is 4.47. The molecule has 0 aromatic heterocycles. The van der Waals surface area contributed by atoms with Gasteiger partial charge in [0, 0.05) is 11.9 Å². The molecule has 1 N–H and O–H groups in total. The SMILES string of the molecule is CC1(C)C(=O)Nc2ccc(OCCCC=NOSCc3ccccc3)cc21. The summed E-state index contributed by atoms with van der Waals surface area (Å²) in [6.07, 6.45) is 3.38. The van der Waals surface area contributed by atoms with Crippen LogP contribution in [0.25, 0.3) is 0 Å². The lowest BCUT2D eigenvalue weighted by Gasteiger charge is -2.16. The topological polar surface area (TPSA) is 59.9 Å². The molecule has 0 bridgehead atoms. The summed E-state index contributed by atoms with van der Waals surface area (Å²) in [5.74, 6) is 1.58. The first-order valence-electron chi connectivity index (χ1n) is 9.00. The highest BCUT2D eigenvalue weighted by Gasteiger charge is 2.38. The van der Waals surface area contributed by atoms with Crippen LogP contribution in [0, 0.1) is 0 Å².